The van der Waals surface area contributed by atoms with Crippen LogP contribution < -0.4 is 10.2 Å². The van der Waals surface area contributed by atoms with Gasteiger partial charge in [0, 0.05) is 5.56 Å². The fraction of sp³-hybridized carbons (Fsp3) is 0.176. The fourth-order valence-corrected chi connectivity index (χ4v) is 2.04. The van der Waals surface area contributed by atoms with Gasteiger partial charge in [-0.2, -0.15) is 5.10 Å². The second-order valence-corrected chi connectivity index (χ2v) is 5.56. The number of hydrogen-bond donors (Lipinski definition) is 1. The molecule has 120 valence electrons. The van der Waals surface area contributed by atoms with Gasteiger partial charge in [0.1, 0.15) is 5.75 Å². The molecule has 0 saturated carbocycles. The first-order chi connectivity index (χ1) is 11.1. The van der Waals surface area contributed by atoms with Crippen LogP contribution in [0, 0.1) is 0 Å². The highest BCUT2D eigenvalue weighted by Gasteiger charge is 2.06. The van der Waals surface area contributed by atoms with E-state index < -0.39 is 0 Å². The molecule has 4 nitrogen and oxygen atoms in total. The van der Waals surface area contributed by atoms with E-state index in [1.165, 1.54) is 6.07 Å². The SMILES string of the molecule is CCCOc1ccc(/C=N/NC(=O)c2ccc(Cl)c(Cl)c2)cc1. The van der Waals surface area contributed by atoms with Crippen molar-refractivity contribution in [2.75, 3.05) is 6.61 Å². The Morgan fingerprint density at radius 3 is 2.57 bits per heavy atom. The molecule has 23 heavy (non-hydrogen) atoms. The van der Waals surface area contributed by atoms with E-state index in [1.54, 1.807) is 18.3 Å². The number of amides is 1. The number of carbonyl (C=O) groups is 1. The standard InChI is InChI=1S/C17H16Cl2N2O2/c1-2-9-23-14-6-3-12(4-7-14)11-20-21-17(22)13-5-8-15(18)16(19)10-13/h3-8,10-11H,2,9H2,1H3,(H,21,22)/b20-11+. The van der Waals surface area contributed by atoms with Crippen LogP contribution in [0.25, 0.3) is 0 Å². The van der Waals surface area contributed by atoms with Crippen molar-refractivity contribution in [1.82, 2.24) is 5.43 Å². The van der Waals surface area contributed by atoms with Gasteiger partial charge in [0.15, 0.2) is 0 Å². The normalized spacial score (nSPS) is 10.7. The number of benzene rings is 2. The quantitative estimate of drug-likeness (QED) is 0.613. The Morgan fingerprint density at radius 2 is 1.91 bits per heavy atom. The minimum atomic E-state index is -0.359. The molecule has 0 spiro atoms. The van der Waals surface area contributed by atoms with E-state index in [0.29, 0.717) is 22.2 Å². The number of halogens is 2. The molecule has 0 aliphatic rings. The molecule has 1 N–H and O–H groups in total. The summed E-state index contributed by atoms with van der Waals surface area (Å²) in [5, 5.41) is 4.65. The average Bonchev–Trinajstić information content (AvgIpc) is 2.56. The number of rotatable bonds is 6. The largest absolute Gasteiger partial charge is 0.494 e. The van der Waals surface area contributed by atoms with Gasteiger partial charge >= 0.3 is 0 Å². The van der Waals surface area contributed by atoms with Crippen molar-refractivity contribution in [2.24, 2.45) is 5.10 Å². The van der Waals surface area contributed by atoms with Crippen LogP contribution in [0.1, 0.15) is 29.3 Å². The van der Waals surface area contributed by atoms with Crippen LogP contribution in [-0.4, -0.2) is 18.7 Å². The molecule has 0 heterocycles. The van der Waals surface area contributed by atoms with E-state index in [1.807, 2.05) is 24.3 Å². The molecule has 0 aliphatic carbocycles. The predicted octanol–water partition coefficient (Wildman–Crippen LogP) is 4.55. The summed E-state index contributed by atoms with van der Waals surface area (Å²) in [6, 6.07) is 12.1. The molecule has 0 saturated heterocycles. The van der Waals surface area contributed by atoms with Crippen molar-refractivity contribution >= 4 is 35.3 Å². The Morgan fingerprint density at radius 1 is 1.17 bits per heavy atom. The van der Waals surface area contributed by atoms with Crippen LogP contribution in [0.4, 0.5) is 0 Å². The molecular weight excluding hydrogens is 335 g/mol. The number of nitrogens with one attached hydrogen (secondary N) is 1. The first-order valence-electron chi connectivity index (χ1n) is 7.11. The molecule has 2 rings (SSSR count). The molecule has 1 amide bonds. The summed E-state index contributed by atoms with van der Waals surface area (Å²) in [6.45, 7) is 2.74. The van der Waals surface area contributed by atoms with Crippen LogP contribution in [0.15, 0.2) is 47.6 Å². The van der Waals surface area contributed by atoms with Gasteiger partial charge < -0.3 is 4.74 Å². The smallest absolute Gasteiger partial charge is 0.271 e. The van der Waals surface area contributed by atoms with Crippen molar-refractivity contribution in [3.63, 3.8) is 0 Å². The maximum Gasteiger partial charge on any atom is 0.271 e. The van der Waals surface area contributed by atoms with Gasteiger partial charge in [-0.1, -0.05) is 30.1 Å². The summed E-state index contributed by atoms with van der Waals surface area (Å²) in [7, 11) is 0. The fourth-order valence-electron chi connectivity index (χ4n) is 1.74. The zero-order valence-corrected chi connectivity index (χ0v) is 14.1. The summed E-state index contributed by atoms with van der Waals surface area (Å²) < 4.78 is 5.49. The Hall–Kier alpha value is -2.04. The number of ether oxygens (including phenoxy) is 1. The minimum absolute atomic E-state index is 0.325. The van der Waals surface area contributed by atoms with Gasteiger partial charge in [-0.3, -0.25) is 4.79 Å². The number of hydrogen-bond acceptors (Lipinski definition) is 3. The molecule has 6 heteroatoms. The van der Waals surface area contributed by atoms with Gasteiger partial charge in [0.25, 0.3) is 5.91 Å². The van der Waals surface area contributed by atoms with Crippen molar-refractivity contribution < 1.29 is 9.53 Å². The summed E-state index contributed by atoms with van der Waals surface area (Å²) >= 11 is 11.7. The Kier molecular flexibility index (Phi) is 6.44. The van der Waals surface area contributed by atoms with Crippen LogP contribution in [0.5, 0.6) is 5.75 Å². The molecular formula is C17H16Cl2N2O2. The van der Waals surface area contributed by atoms with Crippen LogP contribution in [0.2, 0.25) is 10.0 Å². The van der Waals surface area contributed by atoms with Gasteiger partial charge in [-0.15, -0.1) is 0 Å². The Balaban J connectivity index is 1.92. The van der Waals surface area contributed by atoms with Crippen molar-refractivity contribution in [3.8, 4) is 5.75 Å². The van der Waals surface area contributed by atoms with E-state index in [2.05, 4.69) is 17.5 Å². The summed E-state index contributed by atoms with van der Waals surface area (Å²) in [5.74, 6) is 0.451. The molecule has 2 aromatic carbocycles. The first-order valence-corrected chi connectivity index (χ1v) is 7.87. The first kappa shape index (κ1) is 17.3. The molecule has 0 radical (unpaired) electrons. The van der Waals surface area contributed by atoms with Gasteiger partial charge in [0.2, 0.25) is 0 Å². The second kappa shape index (κ2) is 8.56. The van der Waals surface area contributed by atoms with Crippen molar-refractivity contribution in [2.45, 2.75) is 13.3 Å². The van der Waals surface area contributed by atoms with Crippen LogP contribution in [-0.2, 0) is 0 Å². The lowest BCUT2D eigenvalue weighted by Crippen LogP contribution is -2.17. The third-order valence-corrected chi connectivity index (χ3v) is 3.65. The zero-order valence-electron chi connectivity index (χ0n) is 12.6. The second-order valence-electron chi connectivity index (χ2n) is 4.75. The topological polar surface area (TPSA) is 50.7 Å². The lowest BCUT2D eigenvalue weighted by atomic mass is 10.2. The highest BCUT2D eigenvalue weighted by molar-refractivity contribution is 6.42. The Bertz CT molecular complexity index is 700. The minimum Gasteiger partial charge on any atom is -0.494 e. The third-order valence-electron chi connectivity index (χ3n) is 2.91. The predicted molar refractivity (Wildman–Crippen MR) is 93.8 cm³/mol. The highest BCUT2D eigenvalue weighted by atomic mass is 35.5. The van der Waals surface area contributed by atoms with Gasteiger partial charge in [0.05, 0.1) is 22.9 Å². The summed E-state index contributed by atoms with van der Waals surface area (Å²) in [4.78, 5) is 11.9. The average molecular weight is 351 g/mol. The Labute approximate surface area is 145 Å². The van der Waals surface area contributed by atoms with Crippen LogP contribution >= 0.6 is 23.2 Å². The van der Waals surface area contributed by atoms with Crippen molar-refractivity contribution in [1.29, 1.82) is 0 Å². The maximum absolute atomic E-state index is 11.9. The van der Waals surface area contributed by atoms with E-state index >= 15 is 0 Å². The summed E-state index contributed by atoms with van der Waals surface area (Å²) in [5.41, 5.74) is 3.68. The van der Waals surface area contributed by atoms with E-state index in [9.17, 15) is 4.79 Å². The molecule has 2 aromatic rings. The molecule has 0 unspecified atom stereocenters. The molecule has 0 aliphatic heterocycles. The number of carbonyl (C=O) groups excluding carboxylic acids is 1. The summed E-state index contributed by atoms with van der Waals surface area (Å²) in [6.07, 6.45) is 2.52. The molecule has 0 aromatic heterocycles. The monoisotopic (exact) mass is 350 g/mol. The number of hydrazone groups is 1. The lowest BCUT2D eigenvalue weighted by molar-refractivity contribution is 0.0955. The highest BCUT2D eigenvalue weighted by Crippen LogP contribution is 2.22. The lowest BCUT2D eigenvalue weighted by Gasteiger charge is -2.04. The zero-order chi connectivity index (χ0) is 16.7. The van der Waals surface area contributed by atoms with Crippen molar-refractivity contribution in [3.05, 3.63) is 63.6 Å². The van der Waals surface area contributed by atoms with Crippen LogP contribution in [0.3, 0.4) is 0 Å². The molecule has 0 bridgehead atoms. The van der Waals surface area contributed by atoms with Gasteiger partial charge in [-0.25, -0.2) is 5.43 Å². The number of nitrogens with zero attached hydrogens (tertiary/aromatic N) is 1. The van der Waals surface area contributed by atoms with Gasteiger partial charge in [-0.05, 0) is 54.4 Å². The maximum atomic E-state index is 11.9. The van der Waals surface area contributed by atoms with E-state index in [4.69, 9.17) is 27.9 Å². The molecule has 0 fully saturated rings. The third kappa shape index (κ3) is 5.27. The van der Waals surface area contributed by atoms with E-state index in [0.717, 1.165) is 17.7 Å². The molecule has 0 atom stereocenters. The van der Waals surface area contributed by atoms with E-state index in [-0.39, 0.29) is 5.91 Å².